The lowest BCUT2D eigenvalue weighted by Gasteiger charge is -2.11. The van der Waals surface area contributed by atoms with Crippen LogP contribution in [0.1, 0.15) is 37.6 Å². The number of nitrogens with one attached hydrogen (secondary N) is 2. The summed E-state index contributed by atoms with van der Waals surface area (Å²) in [5, 5.41) is 10.3. The number of carbonyl (C=O) groups is 1. The summed E-state index contributed by atoms with van der Waals surface area (Å²) < 4.78 is 5.28. The van der Waals surface area contributed by atoms with Crippen molar-refractivity contribution in [2.75, 3.05) is 18.4 Å². The SMILES string of the molecule is CCc1noc(-c2ccc(C)c(NC(=O)CCC3CCNC3)c2)n1. The zero-order valence-corrected chi connectivity index (χ0v) is 14.3. The minimum Gasteiger partial charge on any atom is -0.334 e. The van der Waals surface area contributed by atoms with E-state index >= 15 is 0 Å². The van der Waals surface area contributed by atoms with Crippen LogP contribution in [-0.2, 0) is 11.2 Å². The predicted octanol–water partition coefficient (Wildman–Crippen LogP) is 2.94. The highest BCUT2D eigenvalue weighted by molar-refractivity contribution is 5.92. The van der Waals surface area contributed by atoms with Gasteiger partial charge in [-0.3, -0.25) is 4.79 Å². The molecule has 3 rings (SSSR count). The normalized spacial score (nSPS) is 17.2. The summed E-state index contributed by atoms with van der Waals surface area (Å²) in [7, 11) is 0. The van der Waals surface area contributed by atoms with Crippen molar-refractivity contribution in [3.63, 3.8) is 0 Å². The van der Waals surface area contributed by atoms with Gasteiger partial charge in [-0.2, -0.15) is 4.98 Å². The number of aryl methyl sites for hydroxylation is 2. The van der Waals surface area contributed by atoms with Crippen LogP contribution < -0.4 is 10.6 Å². The van der Waals surface area contributed by atoms with Crippen LogP contribution in [0.4, 0.5) is 5.69 Å². The molecule has 0 spiro atoms. The second-order valence-electron chi connectivity index (χ2n) is 6.34. The van der Waals surface area contributed by atoms with Crippen molar-refractivity contribution in [1.82, 2.24) is 15.5 Å². The van der Waals surface area contributed by atoms with Gasteiger partial charge in [0, 0.05) is 24.1 Å². The number of hydrogen-bond acceptors (Lipinski definition) is 5. The topological polar surface area (TPSA) is 80.0 Å². The smallest absolute Gasteiger partial charge is 0.257 e. The van der Waals surface area contributed by atoms with Gasteiger partial charge >= 0.3 is 0 Å². The van der Waals surface area contributed by atoms with Gasteiger partial charge in [0.15, 0.2) is 5.82 Å². The maximum absolute atomic E-state index is 12.2. The third-order valence-corrected chi connectivity index (χ3v) is 4.48. The van der Waals surface area contributed by atoms with Crippen LogP contribution in [0.3, 0.4) is 0 Å². The summed E-state index contributed by atoms with van der Waals surface area (Å²) in [4.78, 5) is 16.6. The van der Waals surface area contributed by atoms with E-state index in [0.29, 0.717) is 24.1 Å². The van der Waals surface area contributed by atoms with Crippen LogP contribution in [0.5, 0.6) is 0 Å². The summed E-state index contributed by atoms with van der Waals surface area (Å²) >= 11 is 0. The molecule has 6 heteroatoms. The number of anilines is 1. The highest BCUT2D eigenvalue weighted by Gasteiger charge is 2.16. The third kappa shape index (κ3) is 4.00. The van der Waals surface area contributed by atoms with Gasteiger partial charge in [0.05, 0.1) is 0 Å². The molecule has 0 bridgehead atoms. The molecule has 0 saturated carbocycles. The molecular weight excluding hydrogens is 304 g/mol. The second kappa shape index (κ2) is 7.57. The summed E-state index contributed by atoms with van der Waals surface area (Å²) in [5.41, 5.74) is 2.64. The summed E-state index contributed by atoms with van der Waals surface area (Å²) in [6.45, 7) is 6.05. The number of hydrogen-bond donors (Lipinski definition) is 2. The van der Waals surface area contributed by atoms with Gasteiger partial charge in [-0.1, -0.05) is 18.1 Å². The van der Waals surface area contributed by atoms with Crippen molar-refractivity contribution in [1.29, 1.82) is 0 Å². The first-order valence-electron chi connectivity index (χ1n) is 8.60. The van der Waals surface area contributed by atoms with Crippen molar-refractivity contribution >= 4 is 11.6 Å². The Balaban J connectivity index is 1.65. The van der Waals surface area contributed by atoms with Gasteiger partial charge in [0.25, 0.3) is 5.89 Å². The highest BCUT2D eigenvalue weighted by Crippen LogP contribution is 2.25. The lowest BCUT2D eigenvalue weighted by Crippen LogP contribution is -2.15. The lowest BCUT2D eigenvalue weighted by atomic mass is 10.0. The van der Waals surface area contributed by atoms with Crippen molar-refractivity contribution in [2.24, 2.45) is 5.92 Å². The van der Waals surface area contributed by atoms with Crippen molar-refractivity contribution in [3.8, 4) is 11.5 Å². The molecule has 1 aliphatic heterocycles. The largest absolute Gasteiger partial charge is 0.334 e. The summed E-state index contributed by atoms with van der Waals surface area (Å²) in [6.07, 6.45) is 3.38. The van der Waals surface area contributed by atoms with Gasteiger partial charge < -0.3 is 15.2 Å². The van der Waals surface area contributed by atoms with E-state index in [2.05, 4.69) is 20.8 Å². The quantitative estimate of drug-likeness (QED) is 0.852. The fraction of sp³-hybridized carbons (Fsp3) is 0.500. The van der Waals surface area contributed by atoms with Crippen LogP contribution in [0.2, 0.25) is 0 Å². The monoisotopic (exact) mass is 328 g/mol. The van der Waals surface area contributed by atoms with Gasteiger partial charge in [0.1, 0.15) is 0 Å². The molecule has 1 aliphatic rings. The summed E-state index contributed by atoms with van der Waals surface area (Å²) in [6, 6.07) is 5.79. The van der Waals surface area contributed by atoms with E-state index in [1.165, 1.54) is 6.42 Å². The van der Waals surface area contributed by atoms with Crippen LogP contribution >= 0.6 is 0 Å². The Morgan fingerprint density at radius 1 is 1.46 bits per heavy atom. The predicted molar refractivity (Wildman–Crippen MR) is 92.7 cm³/mol. The molecule has 1 saturated heterocycles. The molecule has 1 amide bonds. The van der Waals surface area contributed by atoms with Crippen molar-refractivity contribution < 1.29 is 9.32 Å². The van der Waals surface area contributed by atoms with Crippen LogP contribution in [0.25, 0.3) is 11.5 Å². The lowest BCUT2D eigenvalue weighted by molar-refractivity contribution is -0.116. The number of carbonyl (C=O) groups excluding carboxylic acids is 1. The number of aromatic nitrogens is 2. The Kier molecular flexibility index (Phi) is 5.25. The molecule has 2 aromatic rings. The first-order valence-corrected chi connectivity index (χ1v) is 8.60. The van der Waals surface area contributed by atoms with Crippen LogP contribution in [0, 0.1) is 12.8 Å². The number of amides is 1. The minimum absolute atomic E-state index is 0.0573. The fourth-order valence-electron chi connectivity index (χ4n) is 2.91. The zero-order valence-electron chi connectivity index (χ0n) is 14.3. The Morgan fingerprint density at radius 2 is 2.33 bits per heavy atom. The Hall–Kier alpha value is -2.21. The Morgan fingerprint density at radius 3 is 3.04 bits per heavy atom. The van der Waals surface area contributed by atoms with Gasteiger partial charge in [-0.05, 0) is 56.5 Å². The second-order valence-corrected chi connectivity index (χ2v) is 6.34. The van der Waals surface area contributed by atoms with Crippen LogP contribution in [-0.4, -0.2) is 29.1 Å². The van der Waals surface area contributed by atoms with E-state index < -0.39 is 0 Å². The molecule has 0 aliphatic carbocycles. The molecule has 2 heterocycles. The highest BCUT2D eigenvalue weighted by atomic mass is 16.5. The van der Waals surface area contributed by atoms with Crippen molar-refractivity contribution in [3.05, 3.63) is 29.6 Å². The first-order chi connectivity index (χ1) is 11.7. The molecule has 1 atom stereocenters. The third-order valence-electron chi connectivity index (χ3n) is 4.48. The molecule has 1 aromatic carbocycles. The van der Waals surface area contributed by atoms with E-state index in [-0.39, 0.29) is 5.91 Å². The number of benzene rings is 1. The molecule has 1 fully saturated rings. The molecule has 24 heavy (non-hydrogen) atoms. The number of nitrogens with zero attached hydrogens (tertiary/aromatic N) is 2. The standard InChI is InChI=1S/C18H24N4O2/c1-3-16-21-18(24-22-16)14-6-4-12(2)15(10-14)20-17(23)7-5-13-8-9-19-11-13/h4,6,10,13,19H,3,5,7-9,11H2,1-2H3,(H,20,23). The average molecular weight is 328 g/mol. The average Bonchev–Trinajstić information content (AvgIpc) is 3.26. The Bertz CT molecular complexity index is 705. The molecule has 2 N–H and O–H groups in total. The Labute approximate surface area is 142 Å². The minimum atomic E-state index is 0.0573. The summed E-state index contributed by atoms with van der Waals surface area (Å²) in [5.74, 6) is 1.84. The van der Waals surface area contributed by atoms with E-state index in [1.807, 2.05) is 32.0 Å². The number of rotatable bonds is 6. The maximum Gasteiger partial charge on any atom is 0.257 e. The molecule has 0 radical (unpaired) electrons. The molecule has 1 aromatic heterocycles. The molecule has 1 unspecified atom stereocenters. The molecule has 6 nitrogen and oxygen atoms in total. The van der Waals surface area contributed by atoms with E-state index in [1.54, 1.807) is 0 Å². The van der Waals surface area contributed by atoms with Crippen LogP contribution in [0.15, 0.2) is 22.7 Å². The fourth-order valence-corrected chi connectivity index (χ4v) is 2.91. The molecule has 128 valence electrons. The van der Waals surface area contributed by atoms with Gasteiger partial charge in [-0.15, -0.1) is 0 Å². The maximum atomic E-state index is 12.2. The zero-order chi connectivity index (χ0) is 16.9. The van der Waals surface area contributed by atoms with E-state index in [0.717, 1.165) is 42.7 Å². The van der Waals surface area contributed by atoms with Gasteiger partial charge in [0.2, 0.25) is 5.91 Å². The molecular formula is C18H24N4O2. The van der Waals surface area contributed by atoms with E-state index in [9.17, 15) is 4.79 Å². The van der Waals surface area contributed by atoms with Gasteiger partial charge in [-0.25, -0.2) is 0 Å². The first kappa shape index (κ1) is 16.6. The van der Waals surface area contributed by atoms with Crippen molar-refractivity contribution in [2.45, 2.75) is 39.5 Å². The van der Waals surface area contributed by atoms with E-state index in [4.69, 9.17) is 4.52 Å².